The number of halogens is 1. The van der Waals surface area contributed by atoms with Gasteiger partial charge in [-0.3, -0.25) is 4.90 Å². The fraction of sp³-hybridized carbons (Fsp3) is 0.538. The monoisotopic (exact) mass is 223 g/mol. The summed E-state index contributed by atoms with van der Waals surface area (Å²) < 4.78 is 18.7. The van der Waals surface area contributed by atoms with Crippen LogP contribution in [0, 0.1) is 5.82 Å². The highest BCUT2D eigenvalue weighted by molar-refractivity contribution is 5.29. The highest BCUT2D eigenvalue weighted by atomic mass is 19.1. The van der Waals surface area contributed by atoms with Crippen molar-refractivity contribution in [3.63, 3.8) is 0 Å². The Morgan fingerprint density at radius 3 is 2.69 bits per heavy atom. The molecule has 2 nitrogen and oxygen atoms in total. The van der Waals surface area contributed by atoms with Crippen LogP contribution in [-0.4, -0.2) is 25.1 Å². The molecule has 2 rings (SSSR count). The summed E-state index contributed by atoms with van der Waals surface area (Å²) in [5.74, 6) is 0.597. The summed E-state index contributed by atoms with van der Waals surface area (Å²) in [4.78, 5) is 2.31. The summed E-state index contributed by atoms with van der Waals surface area (Å²) in [7, 11) is 1.61. The Bertz CT molecular complexity index is 348. The number of ether oxygens (including phenoxy) is 1. The van der Waals surface area contributed by atoms with Crippen LogP contribution in [0.1, 0.15) is 24.8 Å². The number of likely N-dealkylation sites (tertiary alicyclic amines) is 1. The molecule has 0 aromatic heterocycles. The Hall–Kier alpha value is -1.09. The molecule has 0 unspecified atom stereocenters. The zero-order valence-electron chi connectivity index (χ0n) is 9.71. The van der Waals surface area contributed by atoms with Crippen molar-refractivity contribution in [1.29, 1.82) is 0 Å². The minimum Gasteiger partial charge on any atom is -0.497 e. The van der Waals surface area contributed by atoms with Crippen molar-refractivity contribution in [1.82, 2.24) is 4.90 Å². The molecular formula is C13H18FNO. The van der Waals surface area contributed by atoms with E-state index < -0.39 is 0 Å². The highest BCUT2D eigenvalue weighted by Gasteiger charge is 2.13. The lowest BCUT2D eigenvalue weighted by atomic mass is 10.1. The molecule has 88 valence electrons. The third kappa shape index (κ3) is 2.73. The molecule has 1 aromatic rings. The number of rotatable bonds is 3. The fourth-order valence-electron chi connectivity index (χ4n) is 2.16. The van der Waals surface area contributed by atoms with Crippen molar-refractivity contribution < 1.29 is 9.13 Å². The van der Waals surface area contributed by atoms with E-state index in [4.69, 9.17) is 4.74 Å². The molecule has 16 heavy (non-hydrogen) atoms. The smallest absolute Gasteiger partial charge is 0.127 e. The average Bonchev–Trinajstić information content (AvgIpc) is 2.33. The average molecular weight is 223 g/mol. The van der Waals surface area contributed by atoms with Gasteiger partial charge in [0, 0.05) is 12.1 Å². The second kappa shape index (κ2) is 5.30. The molecule has 0 radical (unpaired) electrons. The lowest BCUT2D eigenvalue weighted by molar-refractivity contribution is 0.218. The molecule has 1 saturated heterocycles. The SMILES string of the molecule is COc1ccc(F)c(CN2CCCCC2)c1. The molecule has 3 heteroatoms. The topological polar surface area (TPSA) is 12.5 Å². The van der Waals surface area contributed by atoms with Crippen LogP contribution in [0.15, 0.2) is 18.2 Å². The van der Waals surface area contributed by atoms with E-state index in [1.165, 1.54) is 25.3 Å². The summed E-state index contributed by atoms with van der Waals surface area (Å²) in [6, 6.07) is 4.94. The van der Waals surface area contributed by atoms with Gasteiger partial charge in [0.2, 0.25) is 0 Å². The van der Waals surface area contributed by atoms with Crippen molar-refractivity contribution in [2.24, 2.45) is 0 Å². The number of hydrogen-bond acceptors (Lipinski definition) is 2. The van der Waals surface area contributed by atoms with Crippen LogP contribution in [-0.2, 0) is 6.54 Å². The third-order valence-electron chi connectivity index (χ3n) is 3.10. The fourth-order valence-corrected chi connectivity index (χ4v) is 2.16. The zero-order chi connectivity index (χ0) is 11.4. The lowest BCUT2D eigenvalue weighted by Crippen LogP contribution is -2.29. The first-order valence-electron chi connectivity index (χ1n) is 5.84. The van der Waals surface area contributed by atoms with Crippen LogP contribution >= 0.6 is 0 Å². The van der Waals surface area contributed by atoms with Crippen LogP contribution in [0.5, 0.6) is 5.75 Å². The van der Waals surface area contributed by atoms with Crippen molar-refractivity contribution in [3.05, 3.63) is 29.6 Å². The first-order chi connectivity index (χ1) is 7.79. The van der Waals surface area contributed by atoms with E-state index in [-0.39, 0.29) is 5.82 Å². The van der Waals surface area contributed by atoms with Gasteiger partial charge < -0.3 is 4.74 Å². The predicted molar refractivity (Wildman–Crippen MR) is 62.1 cm³/mol. The van der Waals surface area contributed by atoms with E-state index in [1.807, 2.05) is 0 Å². The summed E-state index contributed by atoms with van der Waals surface area (Å²) in [5, 5.41) is 0. The Balaban J connectivity index is 2.06. The molecule has 0 spiro atoms. The molecule has 1 heterocycles. The largest absolute Gasteiger partial charge is 0.497 e. The van der Waals surface area contributed by atoms with Gasteiger partial charge >= 0.3 is 0 Å². The molecule has 0 atom stereocenters. The van der Waals surface area contributed by atoms with Gasteiger partial charge in [-0.05, 0) is 44.1 Å². The molecule has 0 aliphatic carbocycles. The van der Waals surface area contributed by atoms with E-state index in [0.29, 0.717) is 6.54 Å². The van der Waals surface area contributed by atoms with Crippen molar-refractivity contribution in [2.45, 2.75) is 25.8 Å². The minimum atomic E-state index is -0.133. The molecule has 1 fully saturated rings. The van der Waals surface area contributed by atoms with Crippen LogP contribution in [0.4, 0.5) is 4.39 Å². The number of methoxy groups -OCH3 is 1. The molecular weight excluding hydrogens is 205 g/mol. The Morgan fingerprint density at radius 1 is 1.25 bits per heavy atom. The van der Waals surface area contributed by atoms with E-state index >= 15 is 0 Å². The van der Waals surface area contributed by atoms with E-state index in [0.717, 1.165) is 24.4 Å². The zero-order valence-corrected chi connectivity index (χ0v) is 9.71. The van der Waals surface area contributed by atoms with Gasteiger partial charge in [-0.1, -0.05) is 6.42 Å². The number of nitrogens with zero attached hydrogens (tertiary/aromatic N) is 1. The van der Waals surface area contributed by atoms with Crippen LogP contribution < -0.4 is 4.74 Å². The first kappa shape index (κ1) is 11.4. The molecule has 0 amide bonds. The van der Waals surface area contributed by atoms with Crippen LogP contribution in [0.2, 0.25) is 0 Å². The molecule has 0 N–H and O–H groups in total. The first-order valence-corrected chi connectivity index (χ1v) is 5.84. The van der Waals surface area contributed by atoms with E-state index in [2.05, 4.69) is 4.90 Å². The molecule has 1 aromatic carbocycles. The van der Waals surface area contributed by atoms with E-state index in [1.54, 1.807) is 19.2 Å². The maximum atomic E-state index is 13.6. The van der Waals surface area contributed by atoms with E-state index in [9.17, 15) is 4.39 Å². The standard InChI is InChI=1S/C13H18FNO/c1-16-12-5-6-13(14)11(9-12)10-15-7-3-2-4-8-15/h5-6,9H,2-4,7-8,10H2,1H3. The van der Waals surface area contributed by atoms with Crippen LogP contribution in [0.3, 0.4) is 0 Å². The summed E-state index contributed by atoms with van der Waals surface area (Å²) in [6.45, 7) is 2.86. The normalized spacial score (nSPS) is 17.4. The lowest BCUT2D eigenvalue weighted by Gasteiger charge is -2.26. The maximum Gasteiger partial charge on any atom is 0.127 e. The third-order valence-corrected chi connectivity index (χ3v) is 3.10. The Labute approximate surface area is 96.0 Å². The van der Waals surface area contributed by atoms with Crippen molar-refractivity contribution in [2.75, 3.05) is 20.2 Å². The minimum absolute atomic E-state index is 0.133. The number of piperidine rings is 1. The van der Waals surface area contributed by atoms with Gasteiger partial charge in [0.05, 0.1) is 7.11 Å². The van der Waals surface area contributed by atoms with Crippen molar-refractivity contribution in [3.8, 4) is 5.75 Å². The van der Waals surface area contributed by atoms with Gasteiger partial charge in [0.1, 0.15) is 11.6 Å². The summed E-state index contributed by atoms with van der Waals surface area (Å²) in [5.41, 5.74) is 0.737. The quantitative estimate of drug-likeness (QED) is 0.781. The second-order valence-corrected chi connectivity index (χ2v) is 4.29. The molecule has 1 aliphatic heterocycles. The van der Waals surface area contributed by atoms with Gasteiger partial charge in [-0.25, -0.2) is 4.39 Å². The van der Waals surface area contributed by atoms with Crippen molar-refractivity contribution >= 4 is 0 Å². The highest BCUT2D eigenvalue weighted by Crippen LogP contribution is 2.20. The number of hydrogen-bond donors (Lipinski definition) is 0. The summed E-state index contributed by atoms with van der Waals surface area (Å²) >= 11 is 0. The Morgan fingerprint density at radius 2 is 2.00 bits per heavy atom. The van der Waals surface area contributed by atoms with Gasteiger partial charge in [0.15, 0.2) is 0 Å². The molecule has 0 bridgehead atoms. The second-order valence-electron chi connectivity index (χ2n) is 4.29. The molecule has 1 aliphatic rings. The van der Waals surface area contributed by atoms with Crippen LogP contribution in [0.25, 0.3) is 0 Å². The summed E-state index contributed by atoms with van der Waals surface area (Å²) in [6.07, 6.45) is 3.76. The predicted octanol–water partition coefficient (Wildman–Crippen LogP) is 2.82. The molecule has 0 saturated carbocycles. The number of benzene rings is 1. The maximum absolute atomic E-state index is 13.6. The van der Waals surface area contributed by atoms with Gasteiger partial charge in [-0.15, -0.1) is 0 Å². The van der Waals surface area contributed by atoms with Gasteiger partial charge in [-0.2, -0.15) is 0 Å². The van der Waals surface area contributed by atoms with Gasteiger partial charge in [0.25, 0.3) is 0 Å². The Kier molecular flexibility index (Phi) is 3.78.